The lowest BCUT2D eigenvalue weighted by Gasteiger charge is -2.25. The molecule has 0 bridgehead atoms. The van der Waals surface area contributed by atoms with Gasteiger partial charge in [-0.3, -0.25) is 4.79 Å². The number of halogens is 1. The summed E-state index contributed by atoms with van der Waals surface area (Å²) in [6.45, 7) is 4.13. The van der Waals surface area contributed by atoms with E-state index in [1.165, 1.54) is 5.56 Å². The van der Waals surface area contributed by atoms with Crippen LogP contribution in [0.5, 0.6) is 0 Å². The van der Waals surface area contributed by atoms with Gasteiger partial charge >= 0.3 is 0 Å². The van der Waals surface area contributed by atoms with E-state index in [1.807, 2.05) is 13.0 Å². The van der Waals surface area contributed by atoms with Crippen molar-refractivity contribution in [3.05, 3.63) is 34.9 Å². The van der Waals surface area contributed by atoms with Crippen molar-refractivity contribution in [2.75, 3.05) is 0 Å². The minimum atomic E-state index is -0.00296. The minimum Gasteiger partial charge on any atom is -0.293 e. The number of benzene rings is 1. The molecule has 14 heavy (non-hydrogen) atoms. The molecule has 0 aliphatic heterocycles. The van der Waals surface area contributed by atoms with Crippen LogP contribution in [0.15, 0.2) is 18.2 Å². The maximum Gasteiger partial charge on any atom is 0.177 e. The van der Waals surface area contributed by atoms with Crippen LogP contribution < -0.4 is 0 Å². The Balaban J connectivity index is 2.51. The molecule has 0 saturated heterocycles. The van der Waals surface area contributed by atoms with Crippen LogP contribution >= 0.6 is 15.9 Å². The molecule has 0 spiro atoms. The van der Waals surface area contributed by atoms with E-state index in [0.29, 0.717) is 5.92 Å². The van der Waals surface area contributed by atoms with Crippen LogP contribution in [-0.2, 0) is 6.42 Å². The van der Waals surface area contributed by atoms with Gasteiger partial charge in [-0.25, -0.2) is 0 Å². The number of ketones is 1. The van der Waals surface area contributed by atoms with Crippen LogP contribution in [0.4, 0.5) is 0 Å². The first-order valence-corrected chi connectivity index (χ1v) is 5.79. The minimum absolute atomic E-state index is 0.00296. The molecule has 0 saturated carbocycles. The van der Waals surface area contributed by atoms with Crippen molar-refractivity contribution >= 4 is 21.7 Å². The van der Waals surface area contributed by atoms with Crippen molar-refractivity contribution in [1.82, 2.24) is 0 Å². The topological polar surface area (TPSA) is 17.1 Å². The molecule has 2 heteroatoms. The average Bonchev–Trinajstić information content (AvgIpc) is 2.16. The summed E-state index contributed by atoms with van der Waals surface area (Å²) in [5.74, 6) is 0.639. The SMILES string of the molecule is Cc1ccc2c(c1)C(=O)C(Br)C(C)C2. The predicted octanol–water partition coefficient (Wildman–Crippen LogP) is 3.13. The first-order chi connectivity index (χ1) is 6.59. The fourth-order valence-electron chi connectivity index (χ4n) is 1.95. The van der Waals surface area contributed by atoms with E-state index in [1.54, 1.807) is 0 Å². The van der Waals surface area contributed by atoms with Gasteiger partial charge < -0.3 is 0 Å². The molecule has 0 fully saturated rings. The first kappa shape index (κ1) is 9.91. The van der Waals surface area contributed by atoms with Crippen LogP contribution in [-0.4, -0.2) is 10.6 Å². The molecule has 2 rings (SSSR count). The fraction of sp³-hybridized carbons (Fsp3) is 0.417. The lowest BCUT2D eigenvalue weighted by molar-refractivity contribution is 0.0964. The Hall–Kier alpha value is -0.630. The Morgan fingerprint density at radius 3 is 2.86 bits per heavy atom. The third-order valence-electron chi connectivity index (χ3n) is 2.82. The maximum atomic E-state index is 11.9. The number of rotatable bonds is 0. The number of Topliss-reactive ketones (excluding diaryl/α,β-unsaturated/α-hetero) is 1. The fourth-order valence-corrected chi connectivity index (χ4v) is 2.39. The van der Waals surface area contributed by atoms with Crippen molar-refractivity contribution in [3.8, 4) is 0 Å². The Bertz CT molecular complexity index is 384. The highest BCUT2D eigenvalue weighted by Crippen LogP contribution is 2.30. The van der Waals surface area contributed by atoms with Gasteiger partial charge in [0, 0.05) is 5.56 Å². The molecular formula is C12H13BrO. The van der Waals surface area contributed by atoms with E-state index in [4.69, 9.17) is 0 Å². The molecule has 0 heterocycles. The van der Waals surface area contributed by atoms with Crippen molar-refractivity contribution < 1.29 is 4.79 Å². The smallest absolute Gasteiger partial charge is 0.177 e. The molecule has 0 radical (unpaired) electrons. The van der Waals surface area contributed by atoms with E-state index in [9.17, 15) is 4.79 Å². The van der Waals surface area contributed by atoms with Gasteiger partial charge in [0.25, 0.3) is 0 Å². The van der Waals surface area contributed by atoms with E-state index in [-0.39, 0.29) is 10.6 Å². The molecule has 74 valence electrons. The van der Waals surface area contributed by atoms with E-state index in [0.717, 1.165) is 17.5 Å². The van der Waals surface area contributed by atoms with Crippen molar-refractivity contribution in [2.45, 2.75) is 25.1 Å². The Labute approximate surface area is 92.6 Å². The molecule has 2 unspecified atom stereocenters. The maximum absolute atomic E-state index is 11.9. The first-order valence-electron chi connectivity index (χ1n) is 4.87. The molecule has 1 aromatic rings. The quantitative estimate of drug-likeness (QED) is 0.649. The Morgan fingerprint density at radius 2 is 2.14 bits per heavy atom. The average molecular weight is 253 g/mol. The van der Waals surface area contributed by atoms with Crippen LogP contribution in [0.25, 0.3) is 0 Å². The summed E-state index contributed by atoms with van der Waals surface area (Å²) in [5, 5.41) is 0. The second-order valence-corrected chi connectivity index (χ2v) is 5.09. The summed E-state index contributed by atoms with van der Waals surface area (Å²) in [6, 6.07) is 6.16. The molecular weight excluding hydrogens is 240 g/mol. The Kier molecular flexibility index (Phi) is 2.48. The molecule has 1 aliphatic rings. The Morgan fingerprint density at radius 1 is 1.43 bits per heavy atom. The monoisotopic (exact) mass is 252 g/mol. The highest BCUT2D eigenvalue weighted by atomic mass is 79.9. The van der Waals surface area contributed by atoms with Gasteiger partial charge in [0.1, 0.15) is 0 Å². The summed E-state index contributed by atoms with van der Waals surface area (Å²) < 4.78 is 0. The van der Waals surface area contributed by atoms with Crippen LogP contribution in [0, 0.1) is 12.8 Å². The molecule has 0 aromatic heterocycles. The molecule has 1 aromatic carbocycles. The van der Waals surface area contributed by atoms with Crippen LogP contribution in [0.1, 0.15) is 28.4 Å². The van der Waals surface area contributed by atoms with Gasteiger partial charge in [-0.05, 0) is 30.9 Å². The number of aryl methyl sites for hydroxylation is 1. The molecule has 0 amide bonds. The predicted molar refractivity (Wildman–Crippen MR) is 61.1 cm³/mol. The number of hydrogen-bond donors (Lipinski definition) is 0. The highest BCUT2D eigenvalue weighted by molar-refractivity contribution is 9.10. The molecule has 1 aliphatic carbocycles. The second kappa shape index (κ2) is 3.50. The number of hydrogen-bond acceptors (Lipinski definition) is 1. The number of carbonyl (C=O) groups is 1. The molecule has 2 atom stereocenters. The standard InChI is InChI=1S/C12H13BrO/c1-7-3-4-9-6-8(2)11(13)12(14)10(9)5-7/h3-5,8,11H,6H2,1-2H3. The lowest BCUT2D eigenvalue weighted by atomic mass is 9.83. The summed E-state index contributed by atoms with van der Waals surface area (Å²) in [5.41, 5.74) is 3.26. The number of fused-ring (bicyclic) bond motifs is 1. The summed E-state index contributed by atoms with van der Waals surface area (Å²) in [4.78, 5) is 11.9. The van der Waals surface area contributed by atoms with Crippen molar-refractivity contribution in [2.24, 2.45) is 5.92 Å². The van der Waals surface area contributed by atoms with Gasteiger partial charge in [0.2, 0.25) is 0 Å². The van der Waals surface area contributed by atoms with Crippen molar-refractivity contribution in [1.29, 1.82) is 0 Å². The van der Waals surface area contributed by atoms with E-state index >= 15 is 0 Å². The van der Waals surface area contributed by atoms with E-state index in [2.05, 4.69) is 35.0 Å². The summed E-state index contributed by atoms with van der Waals surface area (Å²) in [6.07, 6.45) is 0.997. The van der Waals surface area contributed by atoms with E-state index < -0.39 is 0 Å². The third kappa shape index (κ3) is 1.52. The normalized spacial score (nSPS) is 26.1. The third-order valence-corrected chi connectivity index (χ3v) is 4.14. The van der Waals surface area contributed by atoms with Crippen molar-refractivity contribution in [3.63, 3.8) is 0 Å². The molecule has 0 N–H and O–H groups in total. The molecule has 1 nitrogen and oxygen atoms in total. The zero-order chi connectivity index (χ0) is 10.3. The summed E-state index contributed by atoms with van der Waals surface area (Å²) >= 11 is 3.46. The summed E-state index contributed by atoms with van der Waals surface area (Å²) in [7, 11) is 0. The van der Waals surface area contributed by atoms with Gasteiger partial charge in [-0.15, -0.1) is 0 Å². The van der Waals surface area contributed by atoms with Gasteiger partial charge in [0.15, 0.2) is 5.78 Å². The zero-order valence-electron chi connectivity index (χ0n) is 8.38. The number of alkyl halides is 1. The lowest BCUT2D eigenvalue weighted by Crippen LogP contribution is -2.30. The zero-order valence-corrected chi connectivity index (χ0v) is 9.97. The highest BCUT2D eigenvalue weighted by Gasteiger charge is 2.30. The van der Waals surface area contributed by atoms with Gasteiger partial charge in [0.05, 0.1) is 4.83 Å². The van der Waals surface area contributed by atoms with Gasteiger partial charge in [-0.1, -0.05) is 40.5 Å². The second-order valence-electron chi connectivity index (χ2n) is 4.11. The van der Waals surface area contributed by atoms with Gasteiger partial charge in [-0.2, -0.15) is 0 Å². The largest absolute Gasteiger partial charge is 0.293 e. The van der Waals surface area contributed by atoms with Crippen LogP contribution in [0.2, 0.25) is 0 Å². The number of carbonyl (C=O) groups excluding carboxylic acids is 1. The van der Waals surface area contributed by atoms with Crippen LogP contribution in [0.3, 0.4) is 0 Å².